The van der Waals surface area contributed by atoms with E-state index < -0.39 is 24.3 Å². The zero-order chi connectivity index (χ0) is 28.4. The molecule has 2 aromatic heterocycles. The van der Waals surface area contributed by atoms with Crippen LogP contribution >= 0.6 is 35.3 Å². The molecule has 0 saturated heterocycles. The summed E-state index contributed by atoms with van der Waals surface area (Å²) in [7, 11) is 0. The van der Waals surface area contributed by atoms with Gasteiger partial charge in [-0.05, 0) is 60.4 Å². The van der Waals surface area contributed by atoms with Crippen LogP contribution in [-0.2, 0) is 4.79 Å². The number of aromatic nitrogens is 2. The Kier molecular flexibility index (Phi) is 9.59. The highest BCUT2D eigenvalue weighted by molar-refractivity contribution is 7.17. The number of benzene rings is 2. The number of aliphatic carboxylic acids is 1. The molecule has 3 atom stereocenters. The first-order chi connectivity index (χ1) is 19.1. The van der Waals surface area contributed by atoms with Crippen LogP contribution in [-0.4, -0.2) is 33.3 Å². The lowest BCUT2D eigenvalue weighted by Gasteiger charge is -2.24. The second-order valence-corrected chi connectivity index (χ2v) is 11.0. The third-order valence-electron chi connectivity index (χ3n) is 7.00. The van der Waals surface area contributed by atoms with Crippen LogP contribution < -0.4 is 10.5 Å². The third kappa shape index (κ3) is 6.83. The van der Waals surface area contributed by atoms with Gasteiger partial charge >= 0.3 is 12.1 Å². The minimum Gasteiger partial charge on any atom is -0.480 e. The molecule has 0 saturated carbocycles. The van der Waals surface area contributed by atoms with Gasteiger partial charge in [0.1, 0.15) is 17.1 Å². The fourth-order valence-corrected chi connectivity index (χ4v) is 6.14. The van der Waals surface area contributed by atoms with Crippen LogP contribution in [0.5, 0.6) is 5.88 Å². The highest BCUT2D eigenvalue weighted by Crippen LogP contribution is 2.44. The van der Waals surface area contributed by atoms with E-state index in [9.17, 15) is 18.0 Å². The molecule has 0 fully saturated rings. The van der Waals surface area contributed by atoms with Gasteiger partial charge in [-0.3, -0.25) is 4.79 Å². The quantitative estimate of drug-likeness (QED) is 0.206. The Morgan fingerprint density at radius 1 is 1.17 bits per heavy atom. The Hall–Kier alpha value is -3.18. The molecule has 1 aliphatic rings. The second-order valence-electron chi connectivity index (χ2n) is 9.69. The minimum absolute atomic E-state index is 0. The van der Waals surface area contributed by atoms with E-state index in [1.807, 2.05) is 11.5 Å². The molecule has 0 spiro atoms. The molecule has 5 rings (SSSR count). The van der Waals surface area contributed by atoms with Crippen LogP contribution in [0.2, 0.25) is 5.02 Å². The van der Waals surface area contributed by atoms with Crippen molar-refractivity contribution >= 4 is 57.1 Å². The maximum atomic E-state index is 14.5. The van der Waals surface area contributed by atoms with E-state index in [2.05, 4.69) is 9.97 Å². The van der Waals surface area contributed by atoms with E-state index >= 15 is 0 Å². The number of thiophene rings is 1. The van der Waals surface area contributed by atoms with Gasteiger partial charge in [-0.15, -0.1) is 23.7 Å². The standard InChI is InChI=1S/C29H25ClF3N3O3S.ClH/c30-19-10-11-20(21(13-19)17-4-2-1-3-5-17)26(29(31,32)33)39-27-25-24(35-15-36-27)22(14-40-25)18-8-6-16(7-9-18)12-23(34)28(37)38;/h1-5,8,10-11,13-16,23,26H,6-7,9,12,34H2,(H,37,38);1H. The normalized spacial score (nSPS) is 16.9. The molecule has 3 N–H and O–H groups in total. The van der Waals surface area contributed by atoms with E-state index in [1.165, 1.54) is 35.9 Å². The molecule has 2 aromatic carbocycles. The number of nitrogens with two attached hydrogens (primary N) is 1. The number of halogens is 5. The van der Waals surface area contributed by atoms with Crippen molar-refractivity contribution in [2.45, 2.75) is 44.0 Å². The van der Waals surface area contributed by atoms with E-state index in [1.54, 1.807) is 30.3 Å². The Labute approximate surface area is 249 Å². The molecule has 12 heteroatoms. The number of ether oxygens (including phenoxy) is 1. The average Bonchev–Trinajstić information content (AvgIpc) is 3.37. The van der Waals surface area contributed by atoms with Gasteiger partial charge < -0.3 is 15.6 Å². The highest BCUT2D eigenvalue weighted by Gasteiger charge is 2.45. The highest BCUT2D eigenvalue weighted by atomic mass is 35.5. The summed E-state index contributed by atoms with van der Waals surface area (Å²) in [5.74, 6) is -1.02. The third-order valence-corrected chi connectivity index (χ3v) is 8.19. The van der Waals surface area contributed by atoms with Crippen molar-refractivity contribution in [3.63, 3.8) is 0 Å². The fraction of sp³-hybridized carbons (Fsp3) is 0.276. The summed E-state index contributed by atoms with van der Waals surface area (Å²) in [5, 5.41) is 11.2. The molecule has 0 aliphatic heterocycles. The molecular weight excluding hydrogens is 598 g/mol. The fourth-order valence-electron chi connectivity index (χ4n) is 4.99. The molecule has 2 heterocycles. The maximum Gasteiger partial charge on any atom is 0.429 e. The predicted octanol–water partition coefficient (Wildman–Crippen LogP) is 8.10. The monoisotopic (exact) mass is 623 g/mol. The Morgan fingerprint density at radius 3 is 2.59 bits per heavy atom. The molecule has 6 nitrogen and oxygen atoms in total. The number of carboxylic acids is 1. The summed E-state index contributed by atoms with van der Waals surface area (Å²) in [4.78, 5) is 19.6. The smallest absolute Gasteiger partial charge is 0.429 e. The van der Waals surface area contributed by atoms with Crippen molar-refractivity contribution in [2.75, 3.05) is 0 Å². The summed E-state index contributed by atoms with van der Waals surface area (Å²) < 4.78 is 49.6. The summed E-state index contributed by atoms with van der Waals surface area (Å²) in [6, 6.07) is 12.0. The molecule has 0 bridgehead atoms. The number of carbonyl (C=O) groups is 1. The zero-order valence-electron chi connectivity index (χ0n) is 21.5. The number of hydrogen-bond donors (Lipinski definition) is 2. The van der Waals surface area contributed by atoms with Gasteiger partial charge in [0.15, 0.2) is 0 Å². The largest absolute Gasteiger partial charge is 0.480 e. The van der Waals surface area contributed by atoms with Crippen molar-refractivity contribution in [1.82, 2.24) is 9.97 Å². The average molecular weight is 625 g/mol. The van der Waals surface area contributed by atoms with Crippen LogP contribution in [0.3, 0.4) is 0 Å². The van der Waals surface area contributed by atoms with Gasteiger partial charge in [-0.2, -0.15) is 13.2 Å². The van der Waals surface area contributed by atoms with Gasteiger partial charge in [0, 0.05) is 21.5 Å². The lowest BCUT2D eigenvalue weighted by atomic mass is 9.83. The molecule has 4 aromatic rings. The Bertz CT molecular complexity index is 1560. The molecule has 216 valence electrons. The van der Waals surface area contributed by atoms with Gasteiger partial charge in [0.25, 0.3) is 0 Å². The van der Waals surface area contributed by atoms with Crippen LogP contribution in [0.25, 0.3) is 26.9 Å². The van der Waals surface area contributed by atoms with Crippen molar-refractivity contribution in [1.29, 1.82) is 0 Å². The van der Waals surface area contributed by atoms with Crippen molar-refractivity contribution in [3.05, 3.63) is 82.5 Å². The summed E-state index contributed by atoms with van der Waals surface area (Å²) in [6.07, 6.45) is -1.31. The predicted molar refractivity (Wildman–Crippen MR) is 157 cm³/mol. The Morgan fingerprint density at radius 2 is 1.93 bits per heavy atom. The van der Waals surface area contributed by atoms with E-state index in [4.69, 9.17) is 27.2 Å². The first-order valence-electron chi connectivity index (χ1n) is 12.6. The summed E-state index contributed by atoms with van der Waals surface area (Å²) >= 11 is 7.39. The van der Waals surface area contributed by atoms with Crippen molar-refractivity contribution < 1.29 is 27.8 Å². The van der Waals surface area contributed by atoms with Crippen molar-refractivity contribution in [3.8, 4) is 17.0 Å². The molecule has 41 heavy (non-hydrogen) atoms. The second kappa shape index (κ2) is 12.8. The van der Waals surface area contributed by atoms with Gasteiger partial charge in [-0.25, -0.2) is 9.97 Å². The van der Waals surface area contributed by atoms with Gasteiger partial charge in [0.05, 0.1) is 5.52 Å². The van der Waals surface area contributed by atoms with E-state index in [0.717, 1.165) is 17.6 Å². The first kappa shape index (κ1) is 30.8. The van der Waals surface area contributed by atoms with Crippen LogP contribution in [0.1, 0.15) is 42.9 Å². The lowest BCUT2D eigenvalue weighted by Crippen LogP contribution is -2.32. The lowest BCUT2D eigenvalue weighted by molar-refractivity contribution is -0.198. The summed E-state index contributed by atoms with van der Waals surface area (Å²) in [6.45, 7) is 0. The maximum absolute atomic E-state index is 14.5. The SMILES string of the molecule is Cl.NC(CC1CC=C(c2csc3c(OC(c4ccc(Cl)cc4-c4ccccc4)C(F)(F)F)ncnc23)CC1)C(=O)O. The van der Waals surface area contributed by atoms with Gasteiger partial charge in [0.2, 0.25) is 12.0 Å². The summed E-state index contributed by atoms with van der Waals surface area (Å²) in [5.41, 5.74) is 8.85. The van der Waals surface area contributed by atoms with Gasteiger partial charge in [-0.1, -0.05) is 54.1 Å². The first-order valence-corrected chi connectivity index (χ1v) is 13.9. The number of hydrogen-bond acceptors (Lipinski definition) is 6. The topological polar surface area (TPSA) is 98.3 Å². The van der Waals surface area contributed by atoms with Crippen LogP contribution in [0.15, 0.2) is 66.3 Å². The Balaban J connectivity index is 0.00000387. The number of alkyl halides is 3. The molecule has 1 aliphatic carbocycles. The molecule has 0 radical (unpaired) electrons. The van der Waals surface area contributed by atoms with E-state index in [-0.39, 0.29) is 29.8 Å². The zero-order valence-corrected chi connectivity index (χ0v) is 23.9. The van der Waals surface area contributed by atoms with Crippen LogP contribution in [0.4, 0.5) is 13.2 Å². The number of fused-ring (bicyclic) bond motifs is 1. The molecular formula is C29H26Cl2F3N3O3S. The number of allylic oxidation sites excluding steroid dienone is 2. The number of nitrogens with zero attached hydrogens (tertiary/aromatic N) is 2. The van der Waals surface area contributed by atoms with Crippen molar-refractivity contribution in [2.24, 2.45) is 11.7 Å². The number of carboxylic acid groups (broad SMARTS) is 1. The minimum atomic E-state index is -4.74. The number of rotatable bonds is 8. The molecule has 0 amide bonds. The van der Waals surface area contributed by atoms with Crippen LogP contribution in [0, 0.1) is 5.92 Å². The molecule has 3 unspecified atom stereocenters. The van der Waals surface area contributed by atoms with E-state index in [0.29, 0.717) is 45.6 Å².